The number of rotatable bonds is 4. The first-order chi connectivity index (χ1) is 7.38. The molecule has 0 amide bonds. The highest BCUT2D eigenvalue weighted by atomic mass is 32.2. The zero-order valence-electron chi connectivity index (χ0n) is 9.35. The third-order valence-corrected chi connectivity index (χ3v) is 4.34. The SMILES string of the molecule is CC[C@H]([C@H](N)c1ccccc1F)S(C)(=O)=O. The first kappa shape index (κ1) is 13.1. The van der Waals surface area contributed by atoms with Crippen LogP contribution in [-0.2, 0) is 9.84 Å². The van der Waals surface area contributed by atoms with E-state index in [0.717, 1.165) is 6.26 Å². The Bertz CT molecular complexity index is 459. The fourth-order valence-electron chi connectivity index (χ4n) is 1.77. The van der Waals surface area contributed by atoms with E-state index >= 15 is 0 Å². The predicted molar refractivity (Wildman–Crippen MR) is 62.3 cm³/mol. The quantitative estimate of drug-likeness (QED) is 0.877. The van der Waals surface area contributed by atoms with Crippen LogP contribution < -0.4 is 5.73 Å². The zero-order valence-corrected chi connectivity index (χ0v) is 10.2. The fraction of sp³-hybridized carbons (Fsp3) is 0.455. The molecule has 0 fully saturated rings. The Kier molecular flexibility index (Phi) is 4.04. The summed E-state index contributed by atoms with van der Waals surface area (Å²) in [5, 5.41) is -0.746. The van der Waals surface area contributed by atoms with Gasteiger partial charge in [0.2, 0.25) is 0 Å². The average Bonchev–Trinajstić information content (AvgIpc) is 2.17. The molecule has 16 heavy (non-hydrogen) atoms. The van der Waals surface area contributed by atoms with Crippen molar-refractivity contribution in [3.05, 3.63) is 35.6 Å². The standard InChI is InChI=1S/C11H16FNO2S/c1-3-10(16(2,14)15)11(13)8-6-4-5-7-9(8)12/h4-7,10-11H,3,13H2,1-2H3/t10-,11-/m1/s1. The Labute approximate surface area is 95.4 Å². The fourth-order valence-corrected chi connectivity index (χ4v) is 3.05. The van der Waals surface area contributed by atoms with Crippen molar-refractivity contribution in [2.24, 2.45) is 5.73 Å². The highest BCUT2D eigenvalue weighted by Crippen LogP contribution is 2.23. The summed E-state index contributed by atoms with van der Waals surface area (Å²) >= 11 is 0. The summed E-state index contributed by atoms with van der Waals surface area (Å²) in [4.78, 5) is 0. The van der Waals surface area contributed by atoms with Gasteiger partial charge in [-0.1, -0.05) is 25.1 Å². The Morgan fingerprint density at radius 1 is 1.38 bits per heavy atom. The van der Waals surface area contributed by atoms with Crippen molar-refractivity contribution in [3.63, 3.8) is 0 Å². The highest BCUT2D eigenvalue weighted by molar-refractivity contribution is 7.91. The molecule has 5 heteroatoms. The van der Waals surface area contributed by atoms with Gasteiger partial charge in [0.05, 0.1) is 5.25 Å². The lowest BCUT2D eigenvalue weighted by atomic mass is 10.0. The van der Waals surface area contributed by atoms with E-state index in [1.807, 2.05) is 0 Å². The molecular weight excluding hydrogens is 229 g/mol. The number of halogens is 1. The van der Waals surface area contributed by atoms with Crippen molar-refractivity contribution in [1.29, 1.82) is 0 Å². The summed E-state index contributed by atoms with van der Waals surface area (Å²) in [6.45, 7) is 1.73. The van der Waals surface area contributed by atoms with Gasteiger partial charge < -0.3 is 5.73 Å². The number of hydrogen-bond donors (Lipinski definition) is 1. The van der Waals surface area contributed by atoms with Crippen LogP contribution >= 0.6 is 0 Å². The van der Waals surface area contributed by atoms with Gasteiger partial charge in [-0.05, 0) is 12.5 Å². The Morgan fingerprint density at radius 2 is 1.94 bits per heavy atom. The molecule has 0 aliphatic carbocycles. The summed E-state index contributed by atoms with van der Waals surface area (Å²) in [6, 6.07) is 5.18. The van der Waals surface area contributed by atoms with Crippen LogP contribution in [0, 0.1) is 5.82 Å². The van der Waals surface area contributed by atoms with Crippen LogP contribution in [-0.4, -0.2) is 19.9 Å². The molecule has 90 valence electrons. The molecule has 0 saturated heterocycles. The van der Waals surface area contributed by atoms with Crippen molar-refractivity contribution in [2.45, 2.75) is 24.6 Å². The van der Waals surface area contributed by atoms with E-state index in [9.17, 15) is 12.8 Å². The van der Waals surface area contributed by atoms with Crippen molar-refractivity contribution in [2.75, 3.05) is 6.26 Å². The molecule has 2 N–H and O–H groups in total. The average molecular weight is 245 g/mol. The van der Waals surface area contributed by atoms with E-state index < -0.39 is 26.9 Å². The molecule has 1 aromatic rings. The molecule has 0 aliphatic heterocycles. The summed E-state index contributed by atoms with van der Waals surface area (Å²) in [6.07, 6.45) is 1.50. The van der Waals surface area contributed by atoms with E-state index in [-0.39, 0.29) is 5.56 Å². The first-order valence-corrected chi connectivity index (χ1v) is 7.02. The first-order valence-electron chi connectivity index (χ1n) is 5.06. The van der Waals surface area contributed by atoms with E-state index in [4.69, 9.17) is 5.73 Å². The molecule has 1 rings (SSSR count). The van der Waals surface area contributed by atoms with Crippen LogP contribution in [0.25, 0.3) is 0 Å². The second-order valence-corrected chi connectivity index (χ2v) is 6.09. The number of hydrogen-bond acceptors (Lipinski definition) is 3. The third-order valence-electron chi connectivity index (χ3n) is 2.62. The van der Waals surface area contributed by atoms with E-state index in [1.54, 1.807) is 19.1 Å². The Hall–Kier alpha value is -0.940. The van der Waals surface area contributed by atoms with E-state index in [0.29, 0.717) is 6.42 Å². The molecule has 1 aromatic carbocycles. The molecule has 2 atom stereocenters. The van der Waals surface area contributed by atoms with Gasteiger partial charge in [0.1, 0.15) is 5.82 Å². The molecule has 0 unspecified atom stereocenters. The predicted octanol–water partition coefficient (Wildman–Crippen LogP) is 1.65. The molecule has 0 radical (unpaired) electrons. The van der Waals surface area contributed by atoms with Crippen LogP contribution in [0.15, 0.2) is 24.3 Å². The normalized spacial score (nSPS) is 15.8. The molecule has 3 nitrogen and oxygen atoms in total. The third kappa shape index (κ3) is 2.80. The van der Waals surface area contributed by atoms with Crippen molar-refractivity contribution < 1.29 is 12.8 Å². The van der Waals surface area contributed by atoms with Gasteiger partial charge in [0.25, 0.3) is 0 Å². The second-order valence-electron chi connectivity index (χ2n) is 3.82. The minimum atomic E-state index is -3.27. The molecule has 0 aromatic heterocycles. The Morgan fingerprint density at radius 3 is 2.38 bits per heavy atom. The minimum absolute atomic E-state index is 0.250. The summed E-state index contributed by atoms with van der Waals surface area (Å²) in [7, 11) is -3.27. The lowest BCUT2D eigenvalue weighted by molar-refractivity contribution is 0.532. The van der Waals surface area contributed by atoms with Gasteiger partial charge in [-0.3, -0.25) is 0 Å². The minimum Gasteiger partial charge on any atom is -0.323 e. The maximum absolute atomic E-state index is 13.5. The summed E-state index contributed by atoms with van der Waals surface area (Å²) in [5.41, 5.74) is 6.07. The summed E-state index contributed by atoms with van der Waals surface area (Å²) < 4.78 is 36.4. The van der Waals surface area contributed by atoms with Gasteiger partial charge in [-0.25, -0.2) is 12.8 Å². The van der Waals surface area contributed by atoms with E-state index in [1.165, 1.54) is 12.1 Å². The van der Waals surface area contributed by atoms with Crippen molar-refractivity contribution in [1.82, 2.24) is 0 Å². The van der Waals surface area contributed by atoms with Crippen LogP contribution in [0.1, 0.15) is 24.9 Å². The molecule has 0 saturated carbocycles. The van der Waals surface area contributed by atoms with Crippen LogP contribution in [0.3, 0.4) is 0 Å². The van der Waals surface area contributed by atoms with Crippen LogP contribution in [0.4, 0.5) is 4.39 Å². The smallest absolute Gasteiger partial charge is 0.152 e. The topological polar surface area (TPSA) is 60.2 Å². The molecule has 0 spiro atoms. The van der Waals surface area contributed by atoms with Crippen molar-refractivity contribution >= 4 is 9.84 Å². The molecule has 0 aliphatic rings. The monoisotopic (exact) mass is 245 g/mol. The molecule has 0 heterocycles. The van der Waals surface area contributed by atoms with Gasteiger partial charge in [0, 0.05) is 17.9 Å². The second kappa shape index (κ2) is 4.93. The van der Waals surface area contributed by atoms with Crippen molar-refractivity contribution in [3.8, 4) is 0 Å². The number of sulfone groups is 1. The summed E-state index contributed by atoms with van der Waals surface area (Å²) in [5.74, 6) is -0.461. The van der Waals surface area contributed by atoms with Gasteiger partial charge in [0.15, 0.2) is 9.84 Å². The maximum atomic E-state index is 13.5. The van der Waals surface area contributed by atoms with Gasteiger partial charge in [-0.2, -0.15) is 0 Å². The highest BCUT2D eigenvalue weighted by Gasteiger charge is 2.28. The maximum Gasteiger partial charge on any atom is 0.152 e. The number of benzene rings is 1. The largest absolute Gasteiger partial charge is 0.323 e. The van der Waals surface area contributed by atoms with Gasteiger partial charge in [-0.15, -0.1) is 0 Å². The lowest BCUT2D eigenvalue weighted by Crippen LogP contribution is -2.33. The van der Waals surface area contributed by atoms with Gasteiger partial charge >= 0.3 is 0 Å². The van der Waals surface area contributed by atoms with Crippen LogP contribution in [0.5, 0.6) is 0 Å². The molecular formula is C11H16FNO2S. The zero-order chi connectivity index (χ0) is 12.3. The Balaban J connectivity index is 3.10. The molecule has 0 bridgehead atoms. The van der Waals surface area contributed by atoms with E-state index in [2.05, 4.69) is 0 Å². The number of nitrogens with two attached hydrogens (primary N) is 1. The van der Waals surface area contributed by atoms with Crippen LogP contribution in [0.2, 0.25) is 0 Å². The lowest BCUT2D eigenvalue weighted by Gasteiger charge is -2.21.